The van der Waals surface area contributed by atoms with Gasteiger partial charge in [0.05, 0.1) is 11.6 Å². The number of halogens is 3. The molecule has 3 N–H and O–H groups in total. The number of benzene rings is 2. The summed E-state index contributed by atoms with van der Waals surface area (Å²) in [5, 5.41) is 9.93. The summed E-state index contributed by atoms with van der Waals surface area (Å²) < 4.78 is 13.1. The minimum Gasteiger partial charge on any atom is -0.351 e. The van der Waals surface area contributed by atoms with Crippen LogP contribution >= 0.6 is 35.4 Å². The minimum atomic E-state index is -0.620. The molecular weight excluding hydrogens is 396 g/mol. The molecule has 0 spiro atoms. The Balaban J connectivity index is 2.00. The van der Waals surface area contributed by atoms with Crippen molar-refractivity contribution in [1.29, 1.82) is 0 Å². The van der Waals surface area contributed by atoms with E-state index < -0.39 is 6.04 Å². The van der Waals surface area contributed by atoms with E-state index in [1.54, 1.807) is 25.1 Å². The third-order valence-electron chi connectivity index (χ3n) is 3.90. The zero-order valence-electron chi connectivity index (χ0n) is 13.6. The van der Waals surface area contributed by atoms with E-state index in [9.17, 15) is 9.18 Å². The normalized spacial score (nSPS) is 16.8. The van der Waals surface area contributed by atoms with Crippen LogP contribution in [0.25, 0.3) is 0 Å². The van der Waals surface area contributed by atoms with Crippen molar-refractivity contribution >= 4 is 52.1 Å². The Morgan fingerprint density at radius 2 is 1.77 bits per heavy atom. The molecule has 0 saturated heterocycles. The summed E-state index contributed by atoms with van der Waals surface area (Å²) in [4.78, 5) is 12.9. The van der Waals surface area contributed by atoms with E-state index in [1.807, 2.05) is 0 Å². The maximum Gasteiger partial charge on any atom is 0.255 e. The molecule has 134 valence electrons. The fraction of sp³-hybridized carbons (Fsp3) is 0.111. The van der Waals surface area contributed by atoms with Crippen LogP contribution in [0.3, 0.4) is 0 Å². The molecule has 8 heteroatoms. The van der Waals surface area contributed by atoms with E-state index >= 15 is 0 Å². The first-order valence-electron chi connectivity index (χ1n) is 7.66. The van der Waals surface area contributed by atoms with Crippen LogP contribution in [0.2, 0.25) is 10.0 Å². The lowest BCUT2D eigenvalue weighted by atomic mass is 9.94. The summed E-state index contributed by atoms with van der Waals surface area (Å²) >= 11 is 17.9. The first kappa shape index (κ1) is 18.6. The van der Waals surface area contributed by atoms with Gasteiger partial charge in [-0.2, -0.15) is 0 Å². The van der Waals surface area contributed by atoms with Crippen molar-refractivity contribution in [2.45, 2.75) is 13.0 Å². The van der Waals surface area contributed by atoms with Gasteiger partial charge in [-0.1, -0.05) is 29.3 Å². The molecule has 1 heterocycles. The number of hydrogen-bond acceptors (Lipinski definition) is 2. The van der Waals surface area contributed by atoms with Gasteiger partial charge in [-0.25, -0.2) is 4.39 Å². The summed E-state index contributed by atoms with van der Waals surface area (Å²) in [7, 11) is 0. The average Bonchev–Trinajstić information content (AvgIpc) is 2.56. The molecule has 0 unspecified atom stereocenters. The van der Waals surface area contributed by atoms with Crippen LogP contribution < -0.4 is 16.0 Å². The number of carbonyl (C=O) groups excluding carboxylic acids is 1. The molecule has 0 aliphatic carbocycles. The number of rotatable bonds is 3. The molecule has 1 aliphatic heterocycles. The summed E-state index contributed by atoms with van der Waals surface area (Å²) in [5.41, 5.74) is 1.99. The number of allylic oxidation sites excluding steroid dienone is 1. The number of amides is 1. The predicted octanol–water partition coefficient (Wildman–Crippen LogP) is 4.56. The zero-order chi connectivity index (χ0) is 18.8. The highest BCUT2D eigenvalue weighted by atomic mass is 35.5. The number of nitrogens with one attached hydrogen (secondary N) is 3. The Bertz CT molecular complexity index is 895. The summed E-state index contributed by atoms with van der Waals surface area (Å²) in [5.74, 6) is -0.761. The highest BCUT2D eigenvalue weighted by Gasteiger charge is 2.32. The molecule has 1 atom stereocenters. The van der Waals surface area contributed by atoms with Crippen molar-refractivity contribution in [2.75, 3.05) is 5.32 Å². The predicted molar refractivity (Wildman–Crippen MR) is 106 cm³/mol. The summed E-state index contributed by atoms with van der Waals surface area (Å²) in [6.45, 7) is 1.74. The van der Waals surface area contributed by atoms with Gasteiger partial charge in [0.1, 0.15) is 5.82 Å². The van der Waals surface area contributed by atoms with Crippen molar-refractivity contribution in [2.24, 2.45) is 0 Å². The SMILES string of the molecule is CC1=C(C(=O)Nc2ccc(F)cc2)[C@@H](c2c(Cl)cccc2Cl)NC(=S)N1. The molecule has 0 aromatic heterocycles. The lowest BCUT2D eigenvalue weighted by molar-refractivity contribution is -0.113. The maximum atomic E-state index is 13.1. The highest BCUT2D eigenvalue weighted by Crippen LogP contribution is 2.36. The Labute approximate surface area is 165 Å². The van der Waals surface area contributed by atoms with E-state index in [4.69, 9.17) is 35.4 Å². The lowest BCUT2D eigenvalue weighted by Gasteiger charge is -2.31. The second kappa shape index (κ2) is 7.61. The molecule has 0 saturated carbocycles. The van der Waals surface area contributed by atoms with E-state index in [1.165, 1.54) is 24.3 Å². The van der Waals surface area contributed by atoms with Crippen LogP contribution in [-0.4, -0.2) is 11.0 Å². The van der Waals surface area contributed by atoms with Crippen molar-refractivity contribution in [3.05, 3.63) is 75.2 Å². The first-order valence-corrected chi connectivity index (χ1v) is 8.82. The molecule has 1 amide bonds. The third-order valence-corrected chi connectivity index (χ3v) is 4.78. The van der Waals surface area contributed by atoms with E-state index in [-0.39, 0.29) is 11.7 Å². The van der Waals surface area contributed by atoms with Crippen LogP contribution in [0.1, 0.15) is 18.5 Å². The Kier molecular flexibility index (Phi) is 5.46. The highest BCUT2D eigenvalue weighted by molar-refractivity contribution is 7.80. The largest absolute Gasteiger partial charge is 0.351 e. The fourth-order valence-electron chi connectivity index (χ4n) is 2.73. The number of hydrogen-bond donors (Lipinski definition) is 3. The molecule has 4 nitrogen and oxygen atoms in total. The average molecular weight is 410 g/mol. The van der Waals surface area contributed by atoms with Crippen LogP contribution in [0.5, 0.6) is 0 Å². The van der Waals surface area contributed by atoms with Crippen LogP contribution in [-0.2, 0) is 4.79 Å². The standard InChI is InChI=1S/C18H14Cl2FN3OS/c1-9-14(17(25)23-11-7-5-10(21)6-8-11)16(24-18(26)22-9)15-12(19)3-2-4-13(15)20/h2-8,16H,1H3,(H,23,25)(H2,22,24,26)/t16-/m0/s1. The van der Waals surface area contributed by atoms with Crippen molar-refractivity contribution in [1.82, 2.24) is 10.6 Å². The van der Waals surface area contributed by atoms with E-state index in [0.29, 0.717) is 37.7 Å². The second-order valence-electron chi connectivity index (χ2n) is 5.67. The molecule has 0 bridgehead atoms. The minimum absolute atomic E-state index is 0.363. The van der Waals surface area contributed by atoms with Crippen LogP contribution in [0.15, 0.2) is 53.7 Å². The van der Waals surface area contributed by atoms with Gasteiger partial charge in [0.15, 0.2) is 5.11 Å². The van der Waals surface area contributed by atoms with Gasteiger partial charge in [-0.15, -0.1) is 0 Å². The van der Waals surface area contributed by atoms with Gasteiger partial charge in [-0.3, -0.25) is 4.79 Å². The smallest absolute Gasteiger partial charge is 0.255 e. The second-order valence-corrected chi connectivity index (χ2v) is 6.89. The zero-order valence-corrected chi connectivity index (χ0v) is 15.9. The number of carbonyl (C=O) groups is 1. The van der Waals surface area contributed by atoms with Gasteiger partial charge in [-0.05, 0) is 55.5 Å². The van der Waals surface area contributed by atoms with Crippen molar-refractivity contribution < 1.29 is 9.18 Å². The van der Waals surface area contributed by atoms with Gasteiger partial charge < -0.3 is 16.0 Å². The monoisotopic (exact) mass is 409 g/mol. The Morgan fingerprint density at radius 3 is 2.38 bits per heavy atom. The molecule has 3 rings (SSSR count). The number of thiocarbonyl (C=S) groups is 1. The Hall–Kier alpha value is -2.15. The fourth-order valence-corrected chi connectivity index (χ4v) is 3.62. The van der Waals surface area contributed by atoms with E-state index in [2.05, 4.69) is 16.0 Å². The Morgan fingerprint density at radius 1 is 1.15 bits per heavy atom. The molecule has 2 aromatic carbocycles. The van der Waals surface area contributed by atoms with Crippen LogP contribution in [0, 0.1) is 5.82 Å². The molecule has 0 fully saturated rings. The van der Waals surface area contributed by atoms with Gasteiger partial charge in [0, 0.05) is 27.0 Å². The van der Waals surface area contributed by atoms with Crippen molar-refractivity contribution in [3.63, 3.8) is 0 Å². The first-order chi connectivity index (χ1) is 12.4. The van der Waals surface area contributed by atoms with E-state index in [0.717, 1.165) is 0 Å². The quantitative estimate of drug-likeness (QED) is 0.650. The molecule has 2 aromatic rings. The summed E-state index contributed by atoms with van der Waals surface area (Å²) in [6.07, 6.45) is 0. The maximum absolute atomic E-state index is 13.1. The van der Waals surface area contributed by atoms with Crippen molar-refractivity contribution in [3.8, 4) is 0 Å². The number of anilines is 1. The molecule has 26 heavy (non-hydrogen) atoms. The molecule has 0 radical (unpaired) electrons. The van der Waals surface area contributed by atoms with Gasteiger partial charge in [0.25, 0.3) is 5.91 Å². The molecular formula is C18H14Cl2FN3OS. The van der Waals surface area contributed by atoms with Gasteiger partial charge in [0.2, 0.25) is 0 Å². The third kappa shape index (κ3) is 3.82. The lowest BCUT2D eigenvalue weighted by Crippen LogP contribution is -2.46. The summed E-state index contributed by atoms with van der Waals surface area (Å²) in [6, 6.07) is 10.00. The van der Waals surface area contributed by atoms with Gasteiger partial charge >= 0.3 is 0 Å². The molecule has 1 aliphatic rings. The topological polar surface area (TPSA) is 53.2 Å². The van der Waals surface area contributed by atoms with Crippen LogP contribution in [0.4, 0.5) is 10.1 Å².